The van der Waals surface area contributed by atoms with Gasteiger partial charge in [-0.2, -0.15) is 0 Å². The van der Waals surface area contributed by atoms with Crippen molar-refractivity contribution in [3.05, 3.63) is 29.8 Å². The van der Waals surface area contributed by atoms with Crippen LogP contribution in [0.15, 0.2) is 24.3 Å². The second-order valence-electron chi connectivity index (χ2n) is 4.66. The van der Waals surface area contributed by atoms with Crippen LogP contribution in [0.2, 0.25) is 0 Å². The lowest BCUT2D eigenvalue weighted by Gasteiger charge is -2.22. The van der Waals surface area contributed by atoms with Gasteiger partial charge in [0.25, 0.3) is 0 Å². The fourth-order valence-corrected chi connectivity index (χ4v) is 2.19. The number of amides is 1. The number of carbonyl (C=O) groups excluding carboxylic acids is 1. The van der Waals surface area contributed by atoms with Gasteiger partial charge in [0.15, 0.2) is 0 Å². The van der Waals surface area contributed by atoms with Crippen LogP contribution in [0, 0.1) is 0 Å². The van der Waals surface area contributed by atoms with Gasteiger partial charge in [-0.3, -0.25) is 4.79 Å². The van der Waals surface area contributed by atoms with E-state index in [9.17, 15) is 4.79 Å². The SMILES string of the molecule is Cl.O=C(Nc1ccc(CCO)cc1)[C@H]1CCCCN1. The third-order valence-electron chi connectivity index (χ3n) is 3.25. The van der Waals surface area contributed by atoms with Crippen LogP contribution in [-0.4, -0.2) is 30.2 Å². The Labute approximate surface area is 120 Å². The summed E-state index contributed by atoms with van der Waals surface area (Å²) >= 11 is 0. The van der Waals surface area contributed by atoms with Gasteiger partial charge in [-0.1, -0.05) is 18.6 Å². The fraction of sp³-hybridized carbons (Fsp3) is 0.500. The molecule has 1 aliphatic heterocycles. The Morgan fingerprint density at radius 1 is 1.32 bits per heavy atom. The van der Waals surface area contributed by atoms with E-state index < -0.39 is 0 Å². The van der Waals surface area contributed by atoms with Gasteiger partial charge in [-0.05, 0) is 43.5 Å². The zero-order chi connectivity index (χ0) is 12.8. The highest BCUT2D eigenvalue weighted by molar-refractivity contribution is 5.94. The minimum atomic E-state index is -0.0594. The van der Waals surface area contributed by atoms with Crippen molar-refractivity contribution in [3.8, 4) is 0 Å². The average Bonchev–Trinajstić information content (AvgIpc) is 2.42. The number of halogens is 1. The van der Waals surface area contributed by atoms with Gasteiger partial charge in [0, 0.05) is 12.3 Å². The molecule has 1 aliphatic rings. The lowest BCUT2D eigenvalue weighted by molar-refractivity contribution is -0.118. The van der Waals surface area contributed by atoms with Gasteiger partial charge in [0.05, 0.1) is 6.04 Å². The van der Waals surface area contributed by atoms with Crippen molar-refractivity contribution in [3.63, 3.8) is 0 Å². The molecule has 0 saturated carbocycles. The number of benzene rings is 1. The van der Waals surface area contributed by atoms with E-state index in [1.165, 1.54) is 0 Å². The van der Waals surface area contributed by atoms with E-state index in [4.69, 9.17) is 5.11 Å². The predicted octanol–water partition coefficient (Wildman–Crippen LogP) is 1.72. The second-order valence-corrected chi connectivity index (χ2v) is 4.66. The maximum Gasteiger partial charge on any atom is 0.241 e. The monoisotopic (exact) mass is 284 g/mol. The van der Waals surface area contributed by atoms with Crippen molar-refractivity contribution < 1.29 is 9.90 Å². The Balaban J connectivity index is 0.00000180. The Morgan fingerprint density at radius 2 is 2.05 bits per heavy atom. The molecule has 0 radical (unpaired) electrons. The quantitative estimate of drug-likeness (QED) is 0.789. The molecule has 1 heterocycles. The Hall–Kier alpha value is -1.10. The first-order chi connectivity index (χ1) is 8.79. The summed E-state index contributed by atoms with van der Waals surface area (Å²) in [5.74, 6) is 0.0459. The smallest absolute Gasteiger partial charge is 0.241 e. The van der Waals surface area contributed by atoms with Crippen LogP contribution in [0.1, 0.15) is 24.8 Å². The van der Waals surface area contributed by atoms with Crippen LogP contribution >= 0.6 is 12.4 Å². The molecule has 0 spiro atoms. The third kappa shape index (κ3) is 4.82. The van der Waals surface area contributed by atoms with Gasteiger partial charge >= 0.3 is 0 Å². The molecule has 4 nitrogen and oxygen atoms in total. The van der Waals surface area contributed by atoms with Crippen molar-refractivity contribution in [2.24, 2.45) is 0 Å². The molecule has 19 heavy (non-hydrogen) atoms. The highest BCUT2D eigenvalue weighted by atomic mass is 35.5. The number of anilines is 1. The molecule has 1 aromatic carbocycles. The van der Waals surface area contributed by atoms with Crippen molar-refractivity contribution in [2.45, 2.75) is 31.7 Å². The van der Waals surface area contributed by atoms with E-state index in [0.717, 1.165) is 37.1 Å². The molecule has 1 fully saturated rings. The molecule has 106 valence electrons. The topological polar surface area (TPSA) is 61.4 Å². The van der Waals surface area contributed by atoms with Gasteiger partial charge < -0.3 is 15.7 Å². The van der Waals surface area contributed by atoms with Crippen LogP contribution in [0.4, 0.5) is 5.69 Å². The molecule has 1 saturated heterocycles. The first-order valence-electron chi connectivity index (χ1n) is 6.53. The van der Waals surface area contributed by atoms with Gasteiger partial charge in [0.1, 0.15) is 0 Å². The van der Waals surface area contributed by atoms with Crippen molar-refractivity contribution in [1.82, 2.24) is 5.32 Å². The summed E-state index contributed by atoms with van der Waals surface area (Å²) in [6.07, 6.45) is 3.83. The lowest BCUT2D eigenvalue weighted by Crippen LogP contribution is -2.43. The minimum absolute atomic E-state index is 0. The molecule has 5 heteroatoms. The lowest BCUT2D eigenvalue weighted by atomic mass is 10.0. The number of aliphatic hydroxyl groups is 1. The van der Waals surface area contributed by atoms with E-state index in [1.54, 1.807) is 0 Å². The first-order valence-corrected chi connectivity index (χ1v) is 6.53. The molecular weight excluding hydrogens is 264 g/mol. The highest BCUT2D eigenvalue weighted by Crippen LogP contribution is 2.13. The summed E-state index contributed by atoms with van der Waals surface area (Å²) in [7, 11) is 0. The van der Waals surface area contributed by atoms with Gasteiger partial charge in [0.2, 0.25) is 5.91 Å². The first kappa shape index (κ1) is 16.0. The Morgan fingerprint density at radius 3 is 2.63 bits per heavy atom. The number of carbonyl (C=O) groups is 1. The molecule has 1 amide bonds. The summed E-state index contributed by atoms with van der Waals surface area (Å²) < 4.78 is 0. The van der Waals surface area contributed by atoms with E-state index in [-0.39, 0.29) is 31.0 Å². The van der Waals surface area contributed by atoms with Gasteiger partial charge in [-0.15, -0.1) is 12.4 Å². The number of nitrogens with one attached hydrogen (secondary N) is 2. The second kappa shape index (κ2) is 8.15. The van der Waals surface area contributed by atoms with E-state index in [1.807, 2.05) is 24.3 Å². The van der Waals surface area contributed by atoms with Crippen molar-refractivity contribution in [1.29, 1.82) is 0 Å². The maximum absolute atomic E-state index is 12.0. The van der Waals surface area contributed by atoms with E-state index in [0.29, 0.717) is 6.42 Å². The van der Waals surface area contributed by atoms with E-state index >= 15 is 0 Å². The summed E-state index contributed by atoms with van der Waals surface area (Å²) in [5, 5.41) is 15.0. The zero-order valence-corrected chi connectivity index (χ0v) is 11.7. The summed E-state index contributed by atoms with van der Waals surface area (Å²) in [6.45, 7) is 1.07. The number of aliphatic hydroxyl groups excluding tert-OH is 1. The highest BCUT2D eigenvalue weighted by Gasteiger charge is 2.20. The number of rotatable bonds is 4. The zero-order valence-electron chi connectivity index (χ0n) is 10.9. The predicted molar refractivity (Wildman–Crippen MR) is 78.8 cm³/mol. The van der Waals surface area contributed by atoms with Crippen LogP contribution in [0.25, 0.3) is 0 Å². The Kier molecular flexibility index (Phi) is 6.84. The number of hydrogen-bond donors (Lipinski definition) is 3. The average molecular weight is 285 g/mol. The third-order valence-corrected chi connectivity index (χ3v) is 3.25. The molecule has 1 atom stereocenters. The number of hydrogen-bond acceptors (Lipinski definition) is 3. The van der Waals surface area contributed by atoms with Crippen LogP contribution < -0.4 is 10.6 Å². The van der Waals surface area contributed by atoms with Crippen LogP contribution in [0.5, 0.6) is 0 Å². The molecular formula is C14H21ClN2O2. The molecule has 0 bridgehead atoms. The van der Waals surface area contributed by atoms with Crippen molar-refractivity contribution >= 4 is 24.0 Å². The molecule has 3 N–H and O–H groups in total. The number of piperidine rings is 1. The molecule has 0 aromatic heterocycles. The molecule has 0 unspecified atom stereocenters. The fourth-order valence-electron chi connectivity index (χ4n) is 2.19. The minimum Gasteiger partial charge on any atom is -0.396 e. The van der Waals surface area contributed by atoms with Crippen LogP contribution in [0.3, 0.4) is 0 Å². The van der Waals surface area contributed by atoms with Crippen molar-refractivity contribution in [2.75, 3.05) is 18.5 Å². The molecule has 1 aromatic rings. The van der Waals surface area contributed by atoms with Gasteiger partial charge in [-0.25, -0.2) is 0 Å². The largest absolute Gasteiger partial charge is 0.396 e. The standard InChI is InChI=1S/C14H20N2O2.ClH/c17-10-8-11-4-6-12(7-5-11)16-14(18)13-3-1-2-9-15-13;/h4-7,13,15,17H,1-3,8-10H2,(H,16,18);1H/t13-;/m1./s1. The summed E-state index contributed by atoms with van der Waals surface area (Å²) in [5.41, 5.74) is 1.89. The Bertz CT molecular complexity index is 389. The van der Waals surface area contributed by atoms with Crippen LogP contribution in [-0.2, 0) is 11.2 Å². The summed E-state index contributed by atoms with van der Waals surface area (Å²) in [6, 6.07) is 7.56. The molecule has 2 rings (SSSR count). The van der Waals surface area contributed by atoms with E-state index in [2.05, 4.69) is 10.6 Å². The maximum atomic E-state index is 12.0. The molecule has 0 aliphatic carbocycles. The normalized spacial score (nSPS) is 18.5. The summed E-state index contributed by atoms with van der Waals surface area (Å²) in [4.78, 5) is 12.0.